The Labute approximate surface area is 137 Å². The lowest BCUT2D eigenvalue weighted by Crippen LogP contribution is -2.15. The normalized spacial score (nSPS) is 13.4. The van der Waals surface area contributed by atoms with Crippen molar-refractivity contribution in [2.45, 2.75) is 31.6 Å². The molecular weight excluding hydrogens is 331 g/mol. The summed E-state index contributed by atoms with van der Waals surface area (Å²) >= 11 is 0. The average molecular weight is 350 g/mol. The summed E-state index contributed by atoms with van der Waals surface area (Å²) < 4.78 is 76.8. The first-order valence-corrected chi connectivity index (χ1v) is 7.26. The van der Waals surface area contributed by atoms with Crippen LogP contribution in [0.2, 0.25) is 0 Å². The maximum atomic E-state index is 14.2. The van der Waals surface area contributed by atoms with Crippen molar-refractivity contribution in [3.8, 4) is 11.5 Å². The van der Waals surface area contributed by atoms with Gasteiger partial charge in [-0.15, -0.1) is 13.2 Å². The van der Waals surface area contributed by atoms with Crippen LogP contribution in [-0.2, 0) is 0 Å². The zero-order chi connectivity index (χ0) is 18.1. The van der Waals surface area contributed by atoms with E-state index in [9.17, 15) is 22.0 Å². The first-order valence-electron chi connectivity index (χ1n) is 7.26. The maximum Gasteiger partial charge on any atom is 0.270 e. The monoisotopic (exact) mass is 350 g/mol. The van der Waals surface area contributed by atoms with E-state index in [1.807, 2.05) is 0 Å². The van der Waals surface area contributed by atoms with Gasteiger partial charge in [-0.3, -0.25) is 0 Å². The smallest absolute Gasteiger partial charge is 0.270 e. The van der Waals surface area contributed by atoms with Crippen LogP contribution in [0.1, 0.15) is 24.8 Å². The van der Waals surface area contributed by atoms with E-state index in [-0.39, 0.29) is 12.8 Å². The van der Waals surface area contributed by atoms with E-state index in [2.05, 4.69) is 13.2 Å². The van der Waals surface area contributed by atoms with E-state index >= 15 is 0 Å². The summed E-state index contributed by atoms with van der Waals surface area (Å²) in [6, 6.07) is 2.08. The number of ether oxygens (including phenoxy) is 2. The number of allylic oxidation sites excluding steroid dienone is 2. The van der Waals surface area contributed by atoms with Crippen molar-refractivity contribution >= 4 is 0 Å². The number of alkyl halides is 4. The Hall–Kier alpha value is -2.05. The van der Waals surface area contributed by atoms with E-state index in [4.69, 9.17) is 9.47 Å². The largest absolute Gasteiger partial charge is 0.490 e. The van der Waals surface area contributed by atoms with Gasteiger partial charge in [0.25, 0.3) is 6.43 Å². The Bertz CT molecular complexity index is 548. The molecule has 0 spiro atoms. The number of benzene rings is 1. The summed E-state index contributed by atoms with van der Waals surface area (Å²) in [4.78, 5) is 0. The lowest BCUT2D eigenvalue weighted by atomic mass is 10.1. The predicted octanol–water partition coefficient (Wildman–Crippen LogP) is 5.35. The molecule has 0 aromatic heterocycles. The van der Waals surface area contributed by atoms with E-state index in [1.54, 1.807) is 0 Å². The SMILES string of the molecule is C=CCC(F)COc1ccc(OCC(F)CC=C)c(C(F)F)c1F. The highest BCUT2D eigenvalue weighted by Crippen LogP contribution is 2.36. The van der Waals surface area contributed by atoms with Crippen LogP contribution in [0, 0.1) is 5.82 Å². The summed E-state index contributed by atoms with van der Waals surface area (Å²) in [5.74, 6) is -2.36. The molecule has 0 aliphatic rings. The number of hydrogen-bond donors (Lipinski definition) is 0. The third-order valence-electron chi connectivity index (χ3n) is 3.01. The molecule has 0 heterocycles. The number of hydrogen-bond acceptors (Lipinski definition) is 2. The summed E-state index contributed by atoms with van der Waals surface area (Å²) in [7, 11) is 0. The molecule has 0 aliphatic carbocycles. The zero-order valence-corrected chi connectivity index (χ0v) is 13.0. The quantitative estimate of drug-likeness (QED) is 0.396. The van der Waals surface area contributed by atoms with Crippen LogP contribution in [0.3, 0.4) is 0 Å². The number of halogens is 5. The second kappa shape index (κ2) is 9.95. The van der Waals surface area contributed by atoms with Crippen molar-refractivity contribution < 1.29 is 31.4 Å². The van der Waals surface area contributed by atoms with Crippen molar-refractivity contribution in [3.63, 3.8) is 0 Å². The zero-order valence-electron chi connectivity index (χ0n) is 13.0. The molecule has 1 rings (SSSR count). The van der Waals surface area contributed by atoms with Gasteiger partial charge in [0.15, 0.2) is 11.6 Å². The standard InChI is InChI=1S/C17H19F5O2/c1-3-5-11(18)9-23-13-7-8-14(16(20)15(13)17(21)22)24-10-12(19)6-4-2/h3-4,7-8,11-12,17H,1-2,5-6,9-10H2. The van der Waals surface area contributed by atoms with Gasteiger partial charge in [0, 0.05) is 0 Å². The van der Waals surface area contributed by atoms with E-state index in [0.29, 0.717) is 0 Å². The maximum absolute atomic E-state index is 14.2. The molecule has 0 bridgehead atoms. The fourth-order valence-corrected chi connectivity index (χ4v) is 1.85. The topological polar surface area (TPSA) is 18.5 Å². The predicted molar refractivity (Wildman–Crippen MR) is 81.8 cm³/mol. The molecule has 0 saturated carbocycles. The van der Waals surface area contributed by atoms with Crippen LogP contribution in [0.5, 0.6) is 11.5 Å². The number of rotatable bonds is 11. The van der Waals surface area contributed by atoms with Gasteiger partial charge in [-0.05, 0) is 25.0 Å². The Morgan fingerprint density at radius 2 is 1.33 bits per heavy atom. The fraction of sp³-hybridized carbons (Fsp3) is 0.412. The van der Waals surface area contributed by atoms with Crippen molar-refractivity contribution in [1.82, 2.24) is 0 Å². The molecular formula is C17H19F5O2. The highest BCUT2D eigenvalue weighted by molar-refractivity contribution is 5.43. The summed E-state index contributed by atoms with van der Waals surface area (Å²) in [6.45, 7) is 5.67. The Morgan fingerprint density at radius 3 is 1.79 bits per heavy atom. The molecule has 0 fully saturated rings. The molecule has 0 N–H and O–H groups in total. The van der Waals surface area contributed by atoms with E-state index in [0.717, 1.165) is 12.1 Å². The molecule has 1 aromatic carbocycles. The molecule has 7 heteroatoms. The van der Waals surface area contributed by atoms with Crippen molar-refractivity contribution in [2.24, 2.45) is 0 Å². The highest BCUT2D eigenvalue weighted by atomic mass is 19.3. The first-order chi connectivity index (χ1) is 11.4. The van der Waals surface area contributed by atoms with Gasteiger partial charge in [-0.25, -0.2) is 22.0 Å². The van der Waals surface area contributed by atoms with Gasteiger partial charge in [-0.2, -0.15) is 0 Å². The second-order valence-corrected chi connectivity index (χ2v) is 4.96. The minimum atomic E-state index is -3.20. The third kappa shape index (κ3) is 5.86. The minimum absolute atomic E-state index is 0.00822. The van der Waals surface area contributed by atoms with Gasteiger partial charge >= 0.3 is 0 Å². The fourth-order valence-electron chi connectivity index (χ4n) is 1.85. The van der Waals surface area contributed by atoms with Crippen molar-refractivity contribution in [1.29, 1.82) is 0 Å². The van der Waals surface area contributed by atoms with Gasteiger partial charge in [0.2, 0.25) is 0 Å². The first kappa shape index (κ1) is 20.0. The van der Waals surface area contributed by atoms with Gasteiger partial charge < -0.3 is 9.47 Å². The minimum Gasteiger partial charge on any atom is -0.490 e. The van der Waals surface area contributed by atoms with Crippen LogP contribution in [-0.4, -0.2) is 25.6 Å². The second-order valence-electron chi connectivity index (χ2n) is 4.96. The molecule has 24 heavy (non-hydrogen) atoms. The van der Waals surface area contributed by atoms with Gasteiger partial charge in [0.05, 0.1) is 5.56 Å². The summed E-state index contributed by atoms with van der Waals surface area (Å²) in [5.41, 5.74) is -1.04. The van der Waals surface area contributed by atoms with Crippen molar-refractivity contribution in [2.75, 3.05) is 13.2 Å². The molecule has 2 nitrogen and oxygen atoms in total. The molecule has 0 saturated heterocycles. The lowest BCUT2D eigenvalue weighted by Gasteiger charge is -2.16. The Kier molecular flexibility index (Phi) is 8.29. The highest BCUT2D eigenvalue weighted by Gasteiger charge is 2.24. The van der Waals surface area contributed by atoms with Crippen LogP contribution < -0.4 is 9.47 Å². The molecule has 2 atom stereocenters. The lowest BCUT2D eigenvalue weighted by molar-refractivity contribution is 0.131. The molecule has 0 amide bonds. The van der Waals surface area contributed by atoms with Crippen LogP contribution in [0.25, 0.3) is 0 Å². The molecule has 134 valence electrons. The summed E-state index contributed by atoms with van der Waals surface area (Å²) in [6.07, 6.45) is -3.47. The molecule has 1 aromatic rings. The average Bonchev–Trinajstić information content (AvgIpc) is 2.52. The van der Waals surface area contributed by atoms with Crippen LogP contribution >= 0.6 is 0 Å². The molecule has 0 aliphatic heterocycles. The van der Waals surface area contributed by atoms with Crippen molar-refractivity contribution in [3.05, 3.63) is 48.8 Å². The Balaban J connectivity index is 2.89. The van der Waals surface area contributed by atoms with E-state index in [1.165, 1.54) is 12.2 Å². The Morgan fingerprint density at radius 1 is 0.875 bits per heavy atom. The van der Waals surface area contributed by atoms with E-state index < -0.39 is 54.9 Å². The van der Waals surface area contributed by atoms with Crippen LogP contribution in [0.15, 0.2) is 37.4 Å². The van der Waals surface area contributed by atoms with Crippen LogP contribution in [0.4, 0.5) is 22.0 Å². The molecule has 2 unspecified atom stereocenters. The van der Waals surface area contributed by atoms with Gasteiger partial charge in [0.1, 0.15) is 31.3 Å². The summed E-state index contributed by atoms with van der Waals surface area (Å²) in [5, 5.41) is 0. The molecule has 0 radical (unpaired) electrons. The third-order valence-corrected chi connectivity index (χ3v) is 3.01. The van der Waals surface area contributed by atoms with Gasteiger partial charge in [-0.1, -0.05) is 12.2 Å².